The lowest BCUT2D eigenvalue weighted by atomic mass is 10.0. The molecule has 0 aromatic heterocycles. The SMILES string of the molecule is O=C(CCc1ccccc1)N1CC[NH+](Cc2cccc3ccccc23)CC1. The summed E-state index contributed by atoms with van der Waals surface area (Å²) in [6, 6.07) is 25.5. The van der Waals surface area contributed by atoms with Gasteiger partial charge in [-0.2, -0.15) is 0 Å². The summed E-state index contributed by atoms with van der Waals surface area (Å²) in [7, 11) is 0. The lowest BCUT2D eigenvalue weighted by Crippen LogP contribution is -3.13. The third kappa shape index (κ3) is 4.37. The molecular weight excluding hydrogens is 332 g/mol. The van der Waals surface area contributed by atoms with Gasteiger partial charge in [-0.05, 0) is 22.8 Å². The van der Waals surface area contributed by atoms with Crippen LogP contribution < -0.4 is 4.90 Å². The fraction of sp³-hybridized carbons (Fsp3) is 0.292. The van der Waals surface area contributed by atoms with Gasteiger partial charge in [0.25, 0.3) is 0 Å². The van der Waals surface area contributed by atoms with Crippen molar-refractivity contribution in [2.24, 2.45) is 0 Å². The minimum absolute atomic E-state index is 0.295. The van der Waals surface area contributed by atoms with Crippen molar-refractivity contribution >= 4 is 16.7 Å². The predicted molar refractivity (Wildman–Crippen MR) is 110 cm³/mol. The van der Waals surface area contributed by atoms with Crippen LogP contribution in [0.5, 0.6) is 0 Å². The van der Waals surface area contributed by atoms with Crippen molar-refractivity contribution in [3.05, 3.63) is 83.9 Å². The number of nitrogens with zero attached hydrogens (tertiary/aromatic N) is 1. The fourth-order valence-corrected chi connectivity index (χ4v) is 4.02. The van der Waals surface area contributed by atoms with E-state index in [1.54, 1.807) is 4.90 Å². The van der Waals surface area contributed by atoms with Gasteiger partial charge in [0.2, 0.25) is 5.91 Å². The zero-order valence-corrected chi connectivity index (χ0v) is 15.7. The van der Waals surface area contributed by atoms with Gasteiger partial charge < -0.3 is 9.80 Å². The van der Waals surface area contributed by atoms with Gasteiger partial charge in [0.15, 0.2) is 0 Å². The Morgan fingerprint density at radius 2 is 1.56 bits per heavy atom. The molecule has 0 aliphatic carbocycles. The van der Waals surface area contributed by atoms with Crippen LogP contribution in [0, 0.1) is 0 Å². The van der Waals surface area contributed by atoms with Crippen LogP contribution in [-0.4, -0.2) is 37.0 Å². The lowest BCUT2D eigenvalue weighted by Gasteiger charge is -2.32. The van der Waals surface area contributed by atoms with E-state index < -0.39 is 0 Å². The quantitative estimate of drug-likeness (QED) is 0.744. The van der Waals surface area contributed by atoms with Crippen molar-refractivity contribution in [1.29, 1.82) is 0 Å². The zero-order valence-electron chi connectivity index (χ0n) is 15.7. The molecule has 1 fully saturated rings. The van der Waals surface area contributed by atoms with Crippen LogP contribution in [0.1, 0.15) is 17.5 Å². The number of carbonyl (C=O) groups excluding carboxylic acids is 1. The van der Waals surface area contributed by atoms with Crippen molar-refractivity contribution in [3.8, 4) is 0 Å². The molecule has 3 nitrogen and oxygen atoms in total. The summed E-state index contributed by atoms with van der Waals surface area (Å²) in [5.41, 5.74) is 2.65. The Balaban J connectivity index is 1.30. The lowest BCUT2D eigenvalue weighted by molar-refractivity contribution is -0.917. The Morgan fingerprint density at radius 3 is 2.37 bits per heavy atom. The largest absolute Gasteiger partial charge is 0.331 e. The molecule has 0 radical (unpaired) electrons. The summed E-state index contributed by atoms with van der Waals surface area (Å²) >= 11 is 0. The van der Waals surface area contributed by atoms with Gasteiger partial charge in [0.05, 0.1) is 26.2 Å². The van der Waals surface area contributed by atoms with Crippen LogP contribution in [-0.2, 0) is 17.8 Å². The minimum atomic E-state index is 0.295. The summed E-state index contributed by atoms with van der Waals surface area (Å²) in [6.45, 7) is 4.83. The summed E-state index contributed by atoms with van der Waals surface area (Å²) in [4.78, 5) is 16.1. The van der Waals surface area contributed by atoms with Crippen LogP contribution >= 0.6 is 0 Å². The molecule has 1 N–H and O–H groups in total. The molecule has 0 atom stereocenters. The average molecular weight is 359 g/mol. The van der Waals surface area contributed by atoms with Crippen LogP contribution in [0.2, 0.25) is 0 Å². The Bertz CT molecular complexity index is 893. The van der Waals surface area contributed by atoms with Crippen molar-refractivity contribution in [1.82, 2.24) is 4.90 Å². The number of nitrogens with one attached hydrogen (secondary N) is 1. The van der Waals surface area contributed by atoms with Crippen molar-refractivity contribution < 1.29 is 9.69 Å². The second-order valence-electron chi connectivity index (χ2n) is 7.43. The Labute approximate surface area is 161 Å². The minimum Gasteiger partial charge on any atom is -0.331 e. The molecule has 3 heteroatoms. The van der Waals surface area contributed by atoms with Gasteiger partial charge in [-0.25, -0.2) is 0 Å². The third-order valence-corrected chi connectivity index (χ3v) is 5.61. The highest BCUT2D eigenvalue weighted by Gasteiger charge is 2.23. The molecule has 1 aliphatic rings. The Kier molecular flexibility index (Phi) is 5.50. The number of benzene rings is 3. The van der Waals surface area contributed by atoms with Crippen molar-refractivity contribution in [3.63, 3.8) is 0 Å². The Hall–Kier alpha value is -2.65. The van der Waals surface area contributed by atoms with Crippen LogP contribution in [0.3, 0.4) is 0 Å². The number of quaternary nitrogens is 1. The molecule has 3 aromatic carbocycles. The van der Waals surface area contributed by atoms with E-state index in [0.717, 1.165) is 39.1 Å². The standard InChI is InChI=1S/C24H26N2O/c27-24(14-13-20-7-2-1-3-8-20)26-17-15-25(16-18-26)19-22-11-6-10-21-9-4-5-12-23(21)22/h1-12H,13-19H2/p+1. The first-order valence-corrected chi connectivity index (χ1v) is 9.91. The molecule has 0 saturated carbocycles. The van der Waals surface area contributed by atoms with Gasteiger partial charge in [-0.15, -0.1) is 0 Å². The maximum Gasteiger partial charge on any atom is 0.223 e. The molecule has 3 aromatic rings. The van der Waals surface area contributed by atoms with Crippen molar-refractivity contribution in [2.75, 3.05) is 26.2 Å². The zero-order chi connectivity index (χ0) is 18.5. The van der Waals surface area contributed by atoms with E-state index in [0.29, 0.717) is 12.3 Å². The monoisotopic (exact) mass is 359 g/mol. The molecule has 4 rings (SSSR count). The highest BCUT2D eigenvalue weighted by molar-refractivity contribution is 5.85. The van der Waals surface area contributed by atoms with E-state index in [-0.39, 0.29) is 0 Å². The molecular formula is C24H27N2O+. The second-order valence-corrected chi connectivity index (χ2v) is 7.43. The summed E-state index contributed by atoms with van der Waals surface area (Å²) < 4.78 is 0. The number of rotatable bonds is 5. The molecule has 0 spiro atoms. The molecule has 27 heavy (non-hydrogen) atoms. The number of aryl methyl sites for hydroxylation is 1. The topological polar surface area (TPSA) is 24.8 Å². The molecule has 1 amide bonds. The van der Waals surface area contributed by atoms with E-state index in [1.807, 2.05) is 18.2 Å². The van der Waals surface area contributed by atoms with Gasteiger partial charge in [0.1, 0.15) is 6.54 Å². The first-order valence-electron chi connectivity index (χ1n) is 9.91. The number of piperazine rings is 1. The van der Waals surface area contributed by atoms with E-state index in [4.69, 9.17) is 0 Å². The van der Waals surface area contributed by atoms with Gasteiger partial charge in [0, 0.05) is 12.0 Å². The highest BCUT2D eigenvalue weighted by Crippen LogP contribution is 2.17. The molecule has 1 aliphatic heterocycles. The van der Waals surface area contributed by atoms with E-state index in [9.17, 15) is 4.79 Å². The fourth-order valence-electron chi connectivity index (χ4n) is 4.02. The second kappa shape index (κ2) is 8.36. The van der Waals surface area contributed by atoms with E-state index in [1.165, 1.54) is 21.9 Å². The summed E-state index contributed by atoms with van der Waals surface area (Å²) in [5.74, 6) is 0.295. The molecule has 1 heterocycles. The normalized spacial score (nSPS) is 15.2. The van der Waals surface area contributed by atoms with Gasteiger partial charge in [-0.1, -0.05) is 72.8 Å². The third-order valence-electron chi connectivity index (χ3n) is 5.61. The maximum absolute atomic E-state index is 12.5. The van der Waals surface area contributed by atoms with Gasteiger partial charge in [-0.3, -0.25) is 4.79 Å². The molecule has 1 saturated heterocycles. The number of hydrogen-bond acceptors (Lipinski definition) is 1. The predicted octanol–water partition coefficient (Wildman–Crippen LogP) is 2.70. The van der Waals surface area contributed by atoms with Crippen LogP contribution in [0.4, 0.5) is 0 Å². The molecule has 0 unspecified atom stereocenters. The van der Waals surface area contributed by atoms with Gasteiger partial charge >= 0.3 is 0 Å². The van der Waals surface area contributed by atoms with Crippen LogP contribution in [0.15, 0.2) is 72.8 Å². The average Bonchev–Trinajstić information content (AvgIpc) is 2.74. The summed E-state index contributed by atoms with van der Waals surface area (Å²) in [5, 5.41) is 2.66. The molecule has 0 bridgehead atoms. The Morgan fingerprint density at radius 1 is 0.852 bits per heavy atom. The number of fused-ring (bicyclic) bond motifs is 1. The number of amides is 1. The smallest absolute Gasteiger partial charge is 0.223 e. The first kappa shape index (κ1) is 17.7. The molecule has 138 valence electrons. The van der Waals surface area contributed by atoms with E-state index >= 15 is 0 Å². The maximum atomic E-state index is 12.5. The van der Waals surface area contributed by atoms with Crippen molar-refractivity contribution in [2.45, 2.75) is 19.4 Å². The number of hydrogen-bond donors (Lipinski definition) is 1. The summed E-state index contributed by atoms with van der Waals surface area (Å²) in [6.07, 6.45) is 1.45. The van der Waals surface area contributed by atoms with Crippen LogP contribution in [0.25, 0.3) is 10.8 Å². The highest BCUT2D eigenvalue weighted by atomic mass is 16.2. The number of carbonyl (C=O) groups is 1. The first-order chi connectivity index (χ1) is 13.3. The van der Waals surface area contributed by atoms with E-state index in [2.05, 4.69) is 59.5 Å².